The molecule has 0 amide bonds. The van der Waals surface area contributed by atoms with E-state index >= 15 is 0 Å². The van der Waals surface area contributed by atoms with E-state index in [9.17, 15) is 5.11 Å². The van der Waals surface area contributed by atoms with Crippen molar-refractivity contribution in [3.05, 3.63) is 11.9 Å². The van der Waals surface area contributed by atoms with Crippen molar-refractivity contribution in [1.29, 1.82) is 0 Å². The Morgan fingerprint density at radius 2 is 2.11 bits per heavy atom. The Kier molecular flexibility index (Phi) is 4.58. The van der Waals surface area contributed by atoms with Crippen molar-refractivity contribution in [2.24, 2.45) is 11.8 Å². The monoisotopic (exact) mass is 267 g/mol. The molecule has 5 heteroatoms. The molecule has 1 aliphatic carbocycles. The van der Waals surface area contributed by atoms with Gasteiger partial charge >= 0.3 is 0 Å². The number of rotatable bonds is 5. The van der Waals surface area contributed by atoms with Crippen LogP contribution in [0.5, 0.6) is 0 Å². The number of aromatic nitrogens is 3. The average Bonchev–Trinajstić information content (AvgIpc) is 2.81. The SMILES string of the molecule is COCC(C)(O)c1cn(CC2CCC(C)CC2)nn1. The summed E-state index contributed by atoms with van der Waals surface area (Å²) in [5, 5.41) is 18.4. The maximum atomic E-state index is 10.2. The minimum atomic E-state index is -1.06. The normalized spacial score (nSPS) is 27.2. The van der Waals surface area contributed by atoms with Crippen LogP contribution < -0.4 is 0 Å². The van der Waals surface area contributed by atoms with E-state index < -0.39 is 5.60 Å². The van der Waals surface area contributed by atoms with Gasteiger partial charge in [0, 0.05) is 13.7 Å². The first-order valence-corrected chi connectivity index (χ1v) is 7.13. The highest BCUT2D eigenvalue weighted by Gasteiger charge is 2.27. The van der Waals surface area contributed by atoms with E-state index in [1.165, 1.54) is 25.7 Å². The predicted octanol–water partition coefficient (Wildman–Crippen LogP) is 1.96. The van der Waals surface area contributed by atoms with Gasteiger partial charge in [-0.05, 0) is 31.6 Å². The van der Waals surface area contributed by atoms with E-state index in [-0.39, 0.29) is 6.61 Å². The van der Waals surface area contributed by atoms with Crippen molar-refractivity contribution >= 4 is 0 Å². The summed E-state index contributed by atoms with van der Waals surface area (Å²) >= 11 is 0. The lowest BCUT2D eigenvalue weighted by Gasteiger charge is -2.25. The number of ether oxygens (including phenoxy) is 1. The van der Waals surface area contributed by atoms with Crippen LogP contribution >= 0.6 is 0 Å². The van der Waals surface area contributed by atoms with E-state index in [2.05, 4.69) is 17.2 Å². The van der Waals surface area contributed by atoms with Gasteiger partial charge in [0.2, 0.25) is 0 Å². The lowest BCUT2D eigenvalue weighted by atomic mass is 9.83. The average molecular weight is 267 g/mol. The zero-order valence-corrected chi connectivity index (χ0v) is 12.2. The van der Waals surface area contributed by atoms with Crippen LogP contribution in [0, 0.1) is 11.8 Å². The third kappa shape index (κ3) is 3.76. The zero-order valence-electron chi connectivity index (χ0n) is 12.2. The van der Waals surface area contributed by atoms with Crippen LogP contribution in [-0.4, -0.2) is 33.8 Å². The van der Waals surface area contributed by atoms with Crippen molar-refractivity contribution in [3.63, 3.8) is 0 Å². The standard InChI is InChI=1S/C14H25N3O2/c1-11-4-6-12(7-5-11)8-17-9-13(15-16-17)14(2,18)10-19-3/h9,11-12,18H,4-8,10H2,1-3H3. The summed E-state index contributed by atoms with van der Waals surface area (Å²) < 4.78 is 6.87. The first-order valence-electron chi connectivity index (χ1n) is 7.13. The summed E-state index contributed by atoms with van der Waals surface area (Å²) in [6.45, 7) is 5.16. The molecule has 0 spiro atoms. The molecule has 1 heterocycles. The Bertz CT molecular complexity index is 395. The second-order valence-corrected chi connectivity index (χ2v) is 6.16. The first kappa shape index (κ1) is 14.5. The summed E-state index contributed by atoms with van der Waals surface area (Å²) in [4.78, 5) is 0. The molecule has 0 bridgehead atoms. The van der Waals surface area contributed by atoms with Gasteiger partial charge in [-0.1, -0.05) is 25.0 Å². The van der Waals surface area contributed by atoms with Crippen molar-refractivity contribution in [1.82, 2.24) is 15.0 Å². The topological polar surface area (TPSA) is 60.2 Å². The van der Waals surface area contributed by atoms with E-state index in [0.29, 0.717) is 11.6 Å². The van der Waals surface area contributed by atoms with Gasteiger partial charge in [0.05, 0.1) is 12.8 Å². The smallest absolute Gasteiger partial charge is 0.130 e. The minimum Gasteiger partial charge on any atom is -0.381 e. The van der Waals surface area contributed by atoms with Crippen molar-refractivity contribution < 1.29 is 9.84 Å². The maximum Gasteiger partial charge on any atom is 0.130 e. The summed E-state index contributed by atoms with van der Waals surface area (Å²) in [6, 6.07) is 0. The number of methoxy groups -OCH3 is 1. The summed E-state index contributed by atoms with van der Waals surface area (Å²) in [5.41, 5.74) is -0.479. The molecule has 2 rings (SSSR count). The molecule has 1 fully saturated rings. The van der Waals surface area contributed by atoms with Gasteiger partial charge < -0.3 is 9.84 Å². The molecule has 108 valence electrons. The second kappa shape index (κ2) is 6.01. The lowest BCUT2D eigenvalue weighted by molar-refractivity contribution is -0.0240. The van der Waals surface area contributed by atoms with Gasteiger partial charge in [-0.3, -0.25) is 4.68 Å². The van der Waals surface area contributed by atoms with Crippen LogP contribution in [0.3, 0.4) is 0 Å². The van der Waals surface area contributed by atoms with Gasteiger partial charge in [0.15, 0.2) is 0 Å². The summed E-state index contributed by atoms with van der Waals surface area (Å²) in [6.07, 6.45) is 7.01. The molecule has 0 aliphatic heterocycles. The van der Waals surface area contributed by atoms with Crippen LogP contribution in [0.1, 0.15) is 45.2 Å². The third-order valence-corrected chi connectivity index (χ3v) is 4.10. The Morgan fingerprint density at radius 1 is 1.42 bits per heavy atom. The van der Waals surface area contributed by atoms with Gasteiger partial charge in [0.1, 0.15) is 11.3 Å². The number of nitrogens with zero attached hydrogens (tertiary/aromatic N) is 3. The number of aliphatic hydroxyl groups is 1. The molecule has 1 saturated carbocycles. The molecule has 0 aromatic carbocycles. The van der Waals surface area contributed by atoms with Crippen LogP contribution in [0.4, 0.5) is 0 Å². The van der Waals surface area contributed by atoms with Crippen LogP contribution in [0.25, 0.3) is 0 Å². The molecule has 1 aliphatic rings. The molecular weight excluding hydrogens is 242 g/mol. The first-order chi connectivity index (χ1) is 9.01. The van der Waals surface area contributed by atoms with E-state index in [1.807, 2.05) is 10.9 Å². The molecule has 5 nitrogen and oxygen atoms in total. The van der Waals surface area contributed by atoms with Gasteiger partial charge in [0.25, 0.3) is 0 Å². The van der Waals surface area contributed by atoms with Crippen molar-refractivity contribution in [2.75, 3.05) is 13.7 Å². The highest BCUT2D eigenvalue weighted by atomic mass is 16.5. The highest BCUT2D eigenvalue weighted by Crippen LogP contribution is 2.29. The minimum absolute atomic E-state index is 0.229. The Balaban J connectivity index is 1.94. The molecule has 1 unspecified atom stereocenters. The number of hydrogen-bond acceptors (Lipinski definition) is 4. The molecule has 1 N–H and O–H groups in total. The zero-order chi connectivity index (χ0) is 13.9. The van der Waals surface area contributed by atoms with Crippen molar-refractivity contribution in [2.45, 2.75) is 51.7 Å². The highest BCUT2D eigenvalue weighted by molar-refractivity contribution is 5.05. The van der Waals surface area contributed by atoms with E-state index in [0.717, 1.165) is 12.5 Å². The largest absolute Gasteiger partial charge is 0.381 e. The van der Waals surface area contributed by atoms with Gasteiger partial charge in [-0.25, -0.2) is 0 Å². The molecule has 0 saturated heterocycles. The third-order valence-electron chi connectivity index (χ3n) is 4.10. The second-order valence-electron chi connectivity index (χ2n) is 6.16. The Morgan fingerprint density at radius 3 is 2.74 bits per heavy atom. The van der Waals surface area contributed by atoms with Crippen LogP contribution in [0.15, 0.2) is 6.20 Å². The Hall–Kier alpha value is -0.940. The summed E-state index contributed by atoms with van der Waals surface area (Å²) in [7, 11) is 1.57. The fraction of sp³-hybridized carbons (Fsp3) is 0.857. The fourth-order valence-electron chi connectivity index (χ4n) is 2.77. The maximum absolute atomic E-state index is 10.2. The van der Waals surface area contributed by atoms with E-state index in [4.69, 9.17) is 4.74 Å². The van der Waals surface area contributed by atoms with Gasteiger partial charge in [-0.2, -0.15) is 0 Å². The van der Waals surface area contributed by atoms with E-state index in [1.54, 1.807) is 14.0 Å². The predicted molar refractivity (Wildman–Crippen MR) is 72.6 cm³/mol. The molecule has 1 aromatic rings. The van der Waals surface area contributed by atoms with Crippen LogP contribution in [0.2, 0.25) is 0 Å². The summed E-state index contributed by atoms with van der Waals surface area (Å²) in [5.74, 6) is 1.56. The van der Waals surface area contributed by atoms with Crippen LogP contribution in [-0.2, 0) is 16.9 Å². The molecule has 1 atom stereocenters. The molecule has 19 heavy (non-hydrogen) atoms. The Labute approximate surface area is 115 Å². The van der Waals surface area contributed by atoms with Crippen molar-refractivity contribution in [3.8, 4) is 0 Å². The quantitative estimate of drug-likeness (QED) is 0.886. The molecular formula is C14H25N3O2. The molecule has 1 aromatic heterocycles. The molecule has 0 radical (unpaired) electrons. The fourth-order valence-corrected chi connectivity index (χ4v) is 2.77. The van der Waals surface area contributed by atoms with Gasteiger partial charge in [-0.15, -0.1) is 5.10 Å². The number of hydrogen-bond donors (Lipinski definition) is 1. The lowest BCUT2D eigenvalue weighted by Crippen LogP contribution is -2.27.